The highest BCUT2D eigenvalue weighted by atomic mass is 35.5. The molecule has 0 atom stereocenters. The summed E-state index contributed by atoms with van der Waals surface area (Å²) in [6, 6.07) is 11.2. The van der Waals surface area contributed by atoms with E-state index in [0.717, 1.165) is 5.56 Å². The Morgan fingerprint density at radius 2 is 1.71 bits per heavy atom. The normalized spacial score (nSPS) is 10.2. The van der Waals surface area contributed by atoms with Crippen molar-refractivity contribution in [1.29, 1.82) is 0 Å². The molecule has 0 amide bonds. The summed E-state index contributed by atoms with van der Waals surface area (Å²) in [5, 5.41) is 19.2. The molecule has 0 spiro atoms. The Kier molecular flexibility index (Phi) is 3.02. The van der Waals surface area contributed by atoms with Crippen LogP contribution in [0.15, 0.2) is 42.5 Å². The summed E-state index contributed by atoms with van der Waals surface area (Å²) in [6.45, 7) is 0. The summed E-state index contributed by atoms with van der Waals surface area (Å²) in [5.41, 5.74) is 1.41. The lowest BCUT2D eigenvalue weighted by Gasteiger charge is -2.05. The zero-order valence-electron chi connectivity index (χ0n) is 8.72. The first-order chi connectivity index (χ1) is 8.08. The first-order valence-corrected chi connectivity index (χ1v) is 5.28. The van der Waals surface area contributed by atoms with Crippen LogP contribution >= 0.6 is 11.6 Å². The molecule has 4 heteroatoms. The quantitative estimate of drug-likeness (QED) is 0.856. The average Bonchev–Trinajstić information content (AvgIpc) is 2.30. The second-order valence-electron chi connectivity index (χ2n) is 3.54. The van der Waals surface area contributed by atoms with Crippen LogP contribution in [0.1, 0.15) is 10.4 Å². The van der Waals surface area contributed by atoms with Gasteiger partial charge in [-0.2, -0.15) is 0 Å². The van der Waals surface area contributed by atoms with Crippen molar-refractivity contribution in [3.63, 3.8) is 0 Å². The van der Waals surface area contributed by atoms with Gasteiger partial charge in [0.1, 0.15) is 5.75 Å². The van der Waals surface area contributed by atoms with Gasteiger partial charge in [0, 0.05) is 10.6 Å². The number of phenolic OH excluding ortho intramolecular Hbond substituents is 1. The Bertz CT molecular complexity index is 561. The zero-order chi connectivity index (χ0) is 12.4. The fourth-order valence-electron chi connectivity index (χ4n) is 1.54. The molecule has 0 fully saturated rings. The summed E-state index contributed by atoms with van der Waals surface area (Å²) in [6.07, 6.45) is 0. The summed E-state index contributed by atoms with van der Waals surface area (Å²) in [5.74, 6) is -1.13. The molecule has 0 aromatic heterocycles. The fraction of sp³-hybridized carbons (Fsp3) is 0. The third kappa shape index (κ3) is 2.40. The van der Waals surface area contributed by atoms with Gasteiger partial charge >= 0.3 is 5.97 Å². The number of aromatic hydroxyl groups is 1. The predicted molar refractivity (Wildman–Crippen MR) is 65.5 cm³/mol. The maximum Gasteiger partial charge on any atom is 0.335 e. The summed E-state index contributed by atoms with van der Waals surface area (Å²) in [7, 11) is 0. The van der Waals surface area contributed by atoms with Gasteiger partial charge in [0.15, 0.2) is 0 Å². The number of rotatable bonds is 2. The molecule has 3 nitrogen and oxygen atoms in total. The summed E-state index contributed by atoms with van der Waals surface area (Å²) < 4.78 is 0. The summed E-state index contributed by atoms with van der Waals surface area (Å²) >= 11 is 5.77. The van der Waals surface area contributed by atoms with Crippen molar-refractivity contribution in [3.8, 4) is 16.9 Å². The largest absolute Gasteiger partial charge is 0.507 e. The third-order valence-electron chi connectivity index (χ3n) is 2.40. The molecule has 0 heterocycles. The summed E-state index contributed by atoms with van der Waals surface area (Å²) in [4.78, 5) is 10.7. The molecule has 17 heavy (non-hydrogen) atoms. The van der Waals surface area contributed by atoms with Crippen molar-refractivity contribution in [3.05, 3.63) is 53.1 Å². The van der Waals surface area contributed by atoms with Gasteiger partial charge < -0.3 is 10.2 Å². The molecule has 0 unspecified atom stereocenters. The maximum absolute atomic E-state index is 10.7. The molecule has 2 aromatic carbocycles. The molecule has 86 valence electrons. The van der Waals surface area contributed by atoms with Crippen LogP contribution in [-0.4, -0.2) is 16.2 Å². The molecule has 2 N–H and O–H groups in total. The number of carbonyl (C=O) groups is 1. The second kappa shape index (κ2) is 4.47. The van der Waals surface area contributed by atoms with Gasteiger partial charge in [0.25, 0.3) is 0 Å². The number of carboxylic acid groups (broad SMARTS) is 1. The zero-order valence-corrected chi connectivity index (χ0v) is 9.48. The van der Waals surface area contributed by atoms with E-state index in [2.05, 4.69) is 0 Å². The first-order valence-electron chi connectivity index (χ1n) is 4.90. The number of benzene rings is 2. The van der Waals surface area contributed by atoms with Crippen molar-refractivity contribution in [2.75, 3.05) is 0 Å². The van der Waals surface area contributed by atoms with E-state index >= 15 is 0 Å². The van der Waals surface area contributed by atoms with Crippen molar-refractivity contribution < 1.29 is 15.0 Å². The highest BCUT2D eigenvalue weighted by molar-refractivity contribution is 6.30. The lowest BCUT2D eigenvalue weighted by molar-refractivity contribution is 0.0696. The maximum atomic E-state index is 10.7. The van der Waals surface area contributed by atoms with Crippen LogP contribution in [0.5, 0.6) is 5.75 Å². The molecule has 0 saturated heterocycles. The van der Waals surface area contributed by atoms with E-state index in [1.165, 1.54) is 12.1 Å². The van der Waals surface area contributed by atoms with Gasteiger partial charge in [-0.3, -0.25) is 0 Å². The van der Waals surface area contributed by atoms with Gasteiger partial charge in [-0.1, -0.05) is 23.7 Å². The van der Waals surface area contributed by atoms with Gasteiger partial charge in [0.2, 0.25) is 0 Å². The topological polar surface area (TPSA) is 57.5 Å². The van der Waals surface area contributed by atoms with E-state index < -0.39 is 5.97 Å². The molecular formula is C13H9ClO3. The Hall–Kier alpha value is -2.00. The lowest BCUT2D eigenvalue weighted by atomic mass is 10.0. The van der Waals surface area contributed by atoms with Gasteiger partial charge in [-0.05, 0) is 35.9 Å². The van der Waals surface area contributed by atoms with Crippen molar-refractivity contribution in [2.24, 2.45) is 0 Å². The third-order valence-corrected chi connectivity index (χ3v) is 2.65. The minimum Gasteiger partial charge on any atom is -0.507 e. The van der Waals surface area contributed by atoms with Gasteiger partial charge in [0.05, 0.1) is 5.56 Å². The Morgan fingerprint density at radius 3 is 2.24 bits per heavy atom. The van der Waals surface area contributed by atoms with E-state index in [4.69, 9.17) is 16.7 Å². The van der Waals surface area contributed by atoms with Crippen LogP contribution in [0.2, 0.25) is 5.02 Å². The average molecular weight is 249 g/mol. The molecule has 0 bridgehead atoms. The Morgan fingerprint density at radius 1 is 1.06 bits per heavy atom. The minimum absolute atomic E-state index is 0.0558. The lowest BCUT2D eigenvalue weighted by Crippen LogP contribution is -1.95. The van der Waals surface area contributed by atoms with Crippen LogP contribution in [0.4, 0.5) is 0 Å². The SMILES string of the molecule is O=C(O)c1ccc(-c2ccc(Cl)cc2)c(O)c1. The molecule has 0 aliphatic heterocycles. The minimum atomic E-state index is -1.07. The van der Waals surface area contributed by atoms with Crippen molar-refractivity contribution in [1.82, 2.24) is 0 Å². The monoisotopic (exact) mass is 248 g/mol. The van der Waals surface area contributed by atoms with E-state index in [-0.39, 0.29) is 11.3 Å². The highest BCUT2D eigenvalue weighted by Crippen LogP contribution is 2.30. The molecular weight excluding hydrogens is 240 g/mol. The van der Waals surface area contributed by atoms with Crippen molar-refractivity contribution >= 4 is 17.6 Å². The Labute approximate surface area is 103 Å². The van der Waals surface area contributed by atoms with E-state index in [0.29, 0.717) is 10.6 Å². The van der Waals surface area contributed by atoms with Crippen molar-refractivity contribution in [2.45, 2.75) is 0 Å². The Balaban J connectivity index is 2.46. The van der Waals surface area contributed by atoms with E-state index in [9.17, 15) is 9.90 Å². The van der Waals surface area contributed by atoms with Gasteiger partial charge in [-0.25, -0.2) is 4.79 Å². The number of hydrogen-bond acceptors (Lipinski definition) is 2. The van der Waals surface area contributed by atoms with E-state index in [1.54, 1.807) is 30.3 Å². The first kappa shape index (κ1) is 11.5. The molecule has 0 saturated carbocycles. The molecule has 2 aromatic rings. The second-order valence-corrected chi connectivity index (χ2v) is 3.98. The van der Waals surface area contributed by atoms with Crippen LogP contribution in [0, 0.1) is 0 Å². The van der Waals surface area contributed by atoms with Crippen LogP contribution in [0.25, 0.3) is 11.1 Å². The number of aromatic carboxylic acids is 1. The number of halogens is 1. The van der Waals surface area contributed by atoms with Crippen LogP contribution < -0.4 is 0 Å². The molecule has 0 aliphatic carbocycles. The van der Waals surface area contributed by atoms with Gasteiger partial charge in [-0.15, -0.1) is 0 Å². The smallest absolute Gasteiger partial charge is 0.335 e. The number of phenols is 1. The molecule has 0 radical (unpaired) electrons. The van der Waals surface area contributed by atoms with E-state index in [1.807, 2.05) is 0 Å². The predicted octanol–water partition coefficient (Wildman–Crippen LogP) is 3.41. The number of hydrogen-bond donors (Lipinski definition) is 2. The molecule has 2 rings (SSSR count). The molecule has 0 aliphatic rings. The fourth-order valence-corrected chi connectivity index (χ4v) is 1.66. The van der Waals surface area contributed by atoms with Crippen LogP contribution in [0.3, 0.4) is 0 Å². The standard InChI is InChI=1S/C13H9ClO3/c14-10-4-1-8(2-5-10)11-6-3-9(13(16)17)7-12(11)15/h1-7,15H,(H,16,17). The van der Waals surface area contributed by atoms with Crippen LogP contribution in [-0.2, 0) is 0 Å². The number of carboxylic acids is 1. The highest BCUT2D eigenvalue weighted by Gasteiger charge is 2.08.